The summed E-state index contributed by atoms with van der Waals surface area (Å²) in [6, 6.07) is -3.49. The van der Waals surface area contributed by atoms with Gasteiger partial charge in [0.25, 0.3) is 0 Å². The highest BCUT2D eigenvalue weighted by atomic mass is 32.1. The number of aromatic amines is 1. The van der Waals surface area contributed by atoms with Crippen molar-refractivity contribution in [3.8, 4) is 0 Å². The molecule has 4 atom stereocenters. The monoisotopic (exact) mass is 426 g/mol. The van der Waals surface area contributed by atoms with Gasteiger partial charge < -0.3 is 31.4 Å². The zero-order chi connectivity index (χ0) is 21.4. The van der Waals surface area contributed by atoms with E-state index in [4.69, 9.17) is 5.11 Å². The van der Waals surface area contributed by atoms with E-state index in [9.17, 15) is 19.2 Å². The van der Waals surface area contributed by atoms with E-state index in [1.807, 2.05) is 0 Å². The first-order valence-corrected chi connectivity index (χ1v) is 9.90. The molecule has 4 unspecified atom stereocenters. The number of imidazole rings is 1. The van der Waals surface area contributed by atoms with Crippen LogP contribution in [0.5, 0.6) is 0 Å². The van der Waals surface area contributed by atoms with Crippen LogP contribution < -0.4 is 21.3 Å². The molecule has 12 heteroatoms. The highest BCUT2D eigenvalue weighted by Gasteiger charge is 2.30. The molecule has 1 aliphatic heterocycles. The lowest BCUT2D eigenvalue weighted by Gasteiger charge is -2.23. The van der Waals surface area contributed by atoms with E-state index in [1.54, 1.807) is 0 Å². The summed E-state index contributed by atoms with van der Waals surface area (Å²) >= 11 is 4.13. The van der Waals surface area contributed by atoms with Crippen molar-refractivity contribution >= 4 is 36.3 Å². The maximum atomic E-state index is 12.7. The number of amides is 3. The Morgan fingerprint density at radius 3 is 2.52 bits per heavy atom. The second kappa shape index (κ2) is 10.8. The SMILES string of the molecule is CC(NC(=O)C(Cc1cnc[nH]1)NC(=O)C(CS)NC(=O)C1CCCN1)C(=O)O. The van der Waals surface area contributed by atoms with Gasteiger partial charge in [-0.3, -0.25) is 19.2 Å². The minimum Gasteiger partial charge on any atom is -0.480 e. The van der Waals surface area contributed by atoms with Crippen molar-refractivity contribution in [2.45, 2.75) is 50.4 Å². The normalized spacial score (nSPS) is 19.0. The van der Waals surface area contributed by atoms with E-state index in [2.05, 4.69) is 43.9 Å². The lowest BCUT2D eigenvalue weighted by Crippen LogP contribution is -2.57. The molecule has 1 aromatic heterocycles. The second-order valence-electron chi connectivity index (χ2n) is 6.80. The van der Waals surface area contributed by atoms with Gasteiger partial charge >= 0.3 is 5.97 Å². The first-order chi connectivity index (χ1) is 13.8. The molecule has 2 rings (SSSR count). The van der Waals surface area contributed by atoms with Crippen molar-refractivity contribution in [2.24, 2.45) is 0 Å². The number of carboxylic acids is 1. The molecule has 0 radical (unpaired) electrons. The topological polar surface area (TPSA) is 165 Å². The van der Waals surface area contributed by atoms with Gasteiger partial charge in [-0.05, 0) is 26.3 Å². The predicted octanol–water partition coefficient (Wildman–Crippen LogP) is -1.81. The van der Waals surface area contributed by atoms with Gasteiger partial charge in [0.2, 0.25) is 17.7 Å². The Balaban J connectivity index is 2.04. The average molecular weight is 426 g/mol. The van der Waals surface area contributed by atoms with Crippen molar-refractivity contribution in [3.05, 3.63) is 18.2 Å². The molecule has 0 bridgehead atoms. The highest BCUT2D eigenvalue weighted by molar-refractivity contribution is 7.80. The number of nitrogens with one attached hydrogen (secondary N) is 5. The number of carboxylic acid groups (broad SMARTS) is 1. The standard InChI is InChI=1S/C17H26N6O5S/c1-9(17(27)28)21-15(25)12(5-10-6-18-8-20-10)22-16(26)13(7-29)23-14(24)11-3-2-4-19-11/h6,8-9,11-13,19,29H,2-5,7H2,1H3,(H,18,20)(H,21,25)(H,22,26)(H,23,24)(H,27,28). The predicted molar refractivity (Wildman–Crippen MR) is 106 cm³/mol. The summed E-state index contributed by atoms with van der Waals surface area (Å²) in [6.45, 7) is 2.06. The number of H-pyrrole nitrogens is 1. The maximum Gasteiger partial charge on any atom is 0.325 e. The molecule has 29 heavy (non-hydrogen) atoms. The van der Waals surface area contributed by atoms with Crippen LogP contribution in [0.3, 0.4) is 0 Å². The molecule has 1 saturated heterocycles. The highest BCUT2D eigenvalue weighted by Crippen LogP contribution is 2.06. The Morgan fingerprint density at radius 1 is 1.24 bits per heavy atom. The zero-order valence-corrected chi connectivity index (χ0v) is 16.9. The minimum absolute atomic E-state index is 0.0359. The molecule has 0 saturated carbocycles. The van der Waals surface area contributed by atoms with Crippen molar-refractivity contribution in [2.75, 3.05) is 12.3 Å². The van der Waals surface area contributed by atoms with Gasteiger partial charge in [0.1, 0.15) is 18.1 Å². The van der Waals surface area contributed by atoms with E-state index in [1.165, 1.54) is 19.4 Å². The van der Waals surface area contributed by atoms with Crippen LogP contribution in [-0.4, -0.2) is 75.2 Å². The lowest BCUT2D eigenvalue weighted by atomic mass is 10.1. The molecule has 0 aliphatic carbocycles. The molecule has 0 aromatic carbocycles. The number of aliphatic carboxylic acids is 1. The molecule has 1 aliphatic rings. The number of nitrogens with zero attached hydrogens (tertiary/aromatic N) is 1. The largest absolute Gasteiger partial charge is 0.480 e. The third-order valence-electron chi connectivity index (χ3n) is 4.53. The summed E-state index contributed by atoms with van der Waals surface area (Å²) in [7, 11) is 0. The summed E-state index contributed by atoms with van der Waals surface area (Å²) in [5, 5.41) is 19.6. The van der Waals surface area contributed by atoms with E-state index < -0.39 is 35.9 Å². The summed E-state index contributed by atoms with van der Waals surface area (Å²) < 4.78 is 0. The van der Waals surface area contributed by atoms with E-state index >= 15 is 0 Å². The van der Waals surface area contributed by atoms with E-state index in [0.29, 0.717) is 12.1 Å². The molecule has 0 spiro atoms. The Morgan fingerprint density at radius 2 is 1.97 bits per heavy atom. The van der Waals surface area contributed by atoms with Crippen LogP contribution in [0.4, 0.5) is 0 Å². The van der Waals surface area contributed by atoms with Crippen molar-refractivity contribution < 1.29 is 24.3 Å². The molecular weight excluding hydrogens is 400 g/mol. The zero-order valence-electron chi connectivity index (χ0n) is 16.0. The van der Waals surface area contributed by atoms with Crippen LogP contribution in [0.2, 0.25) is 0 Å². The quantitative estimate of drug-likeness (QED) is 0.217. The smallest absolute Gasteiger partial charge is 0.325 e. The summed E-state index contributed by atoms with van der Waals surface area (Å²) in [6.07, 6.45) is 4.56. The number of hydrogen-bond acceptors (Lipinski definition) is 7. The minimum atomic E-state index is -1.20. The van der Waals surface area contributed by atoms with Gasteiger partial charge in [0.05, 0.1) is 12.4 Å². The Kier molecular flexibility index (Phi) is 8.46. The summed E-state index contributed by atoms with van der Waals surface area (Å²) in [5.74, 6) is -2.72. The number of carbonyl (C=O) groups is 4. The van der Waals surface area contributed by atoms with Gasteiger partial charge in [0, 0.05) is 24.1 Å². The van der Waals surface area contributed by atoms with Crippen LogP contribution in [0.1, 0.15) is 25.5 Å². The van der Waals surface area contributed by atoms with E-state index in [-0.39, 0.29) is 24.1 Å². The lowest BCUT2D eigenvalue weighted by molar-refractivity contribution is -0.141. The van der Waals surface area contributed by atoms with Crippen LogP contribution in [0.25, 0.3) is 0 Å². The number of rotatable bonds is 10. The van der Waals surface area contributed by atoms with Crippen LogP contribution in [0, 0.1) is 0 Å². The Bertz CT molecular complexity index is 722. The van der Waals surface area contributed by atoms with Crippen molar-refractivity contribution in [1.82, 2.24) is 31.2 Å². The third-order valence-corrected chi connectivity index (χ3v) is 4.90. The fourth-order valence-corrected chi connectivity index (χ4v) is 3.11. The fourth-order valence-electron chi connectivity index (χ4n) is 2.85. The van der Waals surface area contributed by atoms with Crippen molar-refractivity contribution in [1.29, 1.82) is 0 Å². The van der Waals surface area contributed by atoms with Gasteiger partial charge in [-0.15, -0.1) is 0 Å². The van der Waals surface area contributed by atoms with Gasteiger partial charge in [-0.25, -0.2) is 4.98 Å². The van der Waals surface area contributed by atoms with E-state index in [0.717, 1.165) is 13.0 Å². The van der Waals surface area contributed by atoms with Crippen LogP contribution in [-0.2, 0) is 25.6 Å². The maximum absolute atomic E-state index is 12.7. The molecule has 11 nitrogen and oxygen atoms in total. The summed E-state index contributed by atoms with van der Waals surface area (Å²) in [5.41, 5.74) is 0.579. The molecular formula is C17H26N6O5S. The molecule has 3 amide bonds. The van der Waals surface area contributed by atoms with Crippen LogP contribution in [0.15, 0.2) is 12.5 Å². The number of thiol groups is 1. The Hall–Kier alpha value is -2.60. The fraction of sp³-hybridized carbons (Fsp3) is 0.588. The van der Waals surface area contributed by atoms with Gasteiger partial charge in [-0.1, -0.05) is 0 Å². The third kappa shape index (κ3) is 6.75. The molecule has 1 aromatic rings. The van der Waals surface area contributed by atoms with Crippen LogP contribution >= 0.6 is 12.6 Å². The van der Waals surface area contributed by atoms with Gasteiger partial charge in [0.15, 0.2) is 0 Å². The molecule has 2 heterocycles. The first-order valence-electron chi connectivity index (χ1n) is 9.27. The van der Waals surface area contributed by atoms with Gasteiger partial charge in [-0.2, -0.15) is 12.6 Å². The average Bonchev–Trinajstić information content (AvgIpc) is 3.38. The molecule has 160 valence electrons. The summed E-state index contributed by atoms with van der Waals surface area (Å²) in [4.78, 5) is 55.2. The molecule has 6 N–H and O–H groups in total. The molecule has 1 fully saturated rings. The second-order valence-corrected chi connectivity index (χ2v) is 7.17. The number of aromatic nitrogens is 2. The number of carbonyl (C=O) groups excluding carboxylic acids is 3. The Labute approximate surface area is 173 Å². The first kappa shape index (κ1) is 22.7. The van der Waals surface area contributed by atoms with Crippen molar-refractivity contribution in [3.63, 3.8) is 0 Å². The number of hydrogen-bond donors (Lipinski definition) is 7.